The van der Waals surface area contributed by atoms with Crippen LogP contribution < -0.4 is 10.6 Å². The molecule has 20 heavy (non-hydrogen) atoms. The molecule has 2 N–H and O–H groups in total. The van der Waals surface area contributed by atoms with Crippen LogP contribution in [0.5, 0.6) is 0 Å². The number of ether oxygens (including phenoxy) is 2. The van der Waals surface area contributed by atoms with Crippen molar-refractivity contribution >= 4 is 29.9 Å². The molecule has 122 valence electrons. The fraction of sp³-hybridized carbons (Fsp3) is 0.929. The SMILES string of the molecule is CCCCNC(=NCCCCOCCOC)NCC.I. The summed E-state index contributed by atoms with van der Waals surface area (Å²) in [6.07, 6.45) is 4.47. The van der Waals surface area contributed by atoms with Crippen molar-refractivity contribution in [2.24, 2.45) is 4.99 Å². The topological polar surface area (TPSA) is 54.9 Å². The zero-order valence-electron chi connectivity index (χ0n) is 13.2. The Labute approximate surface area is 141 Å². The molecule has 0 amide bonds. The van der Waals surface area contributed by atoms with Crippen molar-refractivity contribution in [3.63, 3.8) is 0 Å². The minimum absolute atomic E-state index is 0. The van der Waals surface area contributed by atoms with Gasteiger partial charge >= 0.3 is 0 Å². The number of methoxy groups -OCH3 is 1. The van der Waals surface area contributed by atoms with Gasteiger partial charge in [-0.05, 0) is 26.2 Å². The summed E-state index contributed by atoms with van der Waals surface area (Å²) < 4.78 is 10.3. The third-order valence-electron chi connectivity index (χ3n) is 2.57. The molecular weight excluding hydrogens is 369 g/mol. The van der Waals surface area contributed by atoms with Crippen LogP contribution >= 0.6 is 24.0 Å². The molecule has 0 saturated heterocycles. The lowest BCUT2D eigenvalue weighted by Crippen LogP contribution is -2.37. The summed E-state index contributed by atoms with van der Waals surface area (Å²) in [6.45, 7) is 9.15. The van der Waals surface area contributed by atoms with Crippen molar-refractivity contribution in [1.82, 2.24) is 10.6 Å². The fourth-order valence-electron chi connectivity index (χ4n) is 1.48. The molecule has 0 bridgehead atoms. The maximum absolute atomic E-state index is 5.40. The summed E-state index contributed by atoms with van der Waals surface area (Å²) >= 11 is 0. The van der Waals surface area contributed by atoms with Crippen LogP contribution in [0.15, 0.2) is 4.99 Å². The van der Waals surface area contributed by atoms with Crippen LogP contribution in [0.1, 0.15) is 39.5 Å². The minimum atomic E-state index is 0. The zero-order valence-corrected chi connectivity index (χ0v) is 15.6. The first-order valence-electron chi connectivity index (χ1n) is 7.44. The van der Waals surface area contributed by atoms with Crippen LogP contribution in [0.2, 0.25) is 0 Å². The Morgan fingerprint density at radius 3 is 2.45 bits per heavy atom. The van der Waals surface area contributed by atoms with E-state index in [2.05, 4.69) is 29.5 Å². The third-order valence-corrected chi connectivity index (χ3v) is 2.57. The number of rotatable bonds is 12. The van der Waals surface area contributed by atoms with Gasteiger partial charge in [0.2, 0.25) is 0 Å². The predicted octanol–water partition coefficient (Wildman–Crippen LogP) is 2.40. The van der Waals surface area contributed by atoms with E-state index in [0.29, 0.717) is 13.2 Å². The van der Waals surface area contributed by atoms with Gasteiger partial charge in [0, 0.05) is 33.4 Å². The molecule has 0 rings (SSSR count). The molecule has 0 radical (unpaired) electrons. The average Bonchev–Trinajstić information content (AvgIpc) is 2.42. The highest BCUT2D eigenvalue weighted by atomic mass is 127. The van der Waals surface area contributed by atoms with Gasteiger partial charge in [-0.3, -0.25) is 4.99 Å². The van der Waals surface area contributed by atoms with E-state index in [1.165, 1.54) is 12.8 Å². The molecule has 0 aliphatic carbocycles. The molecule has 0 saturated carbocycles. The van der Waals surface area contributed by atoms with E-state index >= 15 is 0 Å². The summed E-state index contributed by atoms with van der Waals surface area (Å²) in [5.41, 5.74) is 0. The molecule has 0 heterocycles. The Kier molecular flexibility index (Phi) is 21.0. The summed E-state index contributed by atoms with van der Waals surface area (Å²) in [5, 5.41) is 6.58. The molecule has 0 aromatic heterocycles. The number of unbranched alkanes of at least 4 members (excludes halogenated alkanes) is 2. The maximum Gasteiger partial charge on any atom is 0.191 e. The van der Waals surface area contributed by atoms with Crippen molar-refractivity contribution < 1.29 is 9.47 Å². The van der Waals surface area contributed by atoms with E-state index in [1.807, 2.05) is 0 Å². The average molecular weight is 401 g/mol. The summed E-state index contributed by atoms with van der Waals surface area (Å²) in [4.78, 5) is 4.53. The Morgan fingerprint density at radius 1 is 1.00 bits per heavy atom. The van der Waals surface area contributed by atoms with Gasteiger partial charge in [0.15, 0.2) is 5.96 Å². The monoisotopic (exact) mass is 401 g/mol. The van der Waals surface area contributed by atoms with E-state index in [1.54, 1.807) is 7.11 Å². The predicted molar refractivity (Wildman–Crippen MR) is 96.2 cm³/mol. The van der Waals surface area contributed by atoms with E-state index in [0.717, 1.165) is 45.0 Å². The fourth-order valence-corrected chi connectivity index (χ4v) is 1.48. The van der Waals surface area contributed by atoms with Gasteiger partial charge in [-0.15, -0.1) is 24.0 Å². The number of nitrogens with zero attached hydrogens (tertiary/aromatic N) is 1. The van der Waals surface area contributed by atoms with E-state index in [-0.39, 0.29) is 24.0 Å². The zero-order chi connectivity index (χ0) is 14.2. The Hall–Kier alpha value is -0.0800. The van der Waals surface area contributed by atoms with Gasteiger partial charge in [0.25, 0.3) is 0 Å². The standard InChI is InChI=1S/C14H31N3O2.HI/c1-4-6-9-16-14(15-5-2)17-10-7-8-11-19-13-12-18-3;/h4-13H2,1-3H3,(H2,15,16,17);1H. The van der Waals surface area contributed by atoms with Crippen molar-refractivity contribution in [2.45, 2.75) is 39.5 Å². The van der Waals surface area contributed by atoms with Gasteiger partial charge in [-0.2, -0.15) is 0 Å². The quantitative estimate of drug-likeness (QED) is 0.228. The maximum atomic E-state index is 5.40. The summed E-state index contributed by atoms with van der Waals surface area (Å²) in [5.74, 6) is 0.927. The first-order valence-corrected chi connectivity index (χ1v) is 7.44. The summed E-state index contributed by atoms with van der Waals surface area (Å²) in [7, 11) is 1.69. The van der Waals surface area contributed by atoms with E-state index in [4.69, 9.17) is 9.47 Å². The first-order chi connectivity index (χ1) is 9.35. The highest BCUT2D eigenvalue weighted by Gasteiger charge is 1.95. The number of aliphatic imine (C=N–C) groups is 1. The number of halogens is 1. The van der Waals surface area contributed by atoms with Crippen LogP contribution in [0.3, 0.4) is 0 Å². The molecule has 0 aliphatic heterocycles. The molecule has 0 aromatic carbocycles. The summed E-state index contributed by atoms with van der Waals surface area (Å²) in [6, 6.07) is 0. The van der Waals surface area contributed by atoms with Gasteiger partial charge < -0.3 is 20.1 Å². The Bertz CT molecular complexity index is 217. The molecule has 0 atom stereocenters. The highest BCUT2D eigenvalue weighted by molar-refractivity contribution is 14.0. The van der Waals surface area contributed by atoms with Gasteiger partial charge in [0.1, 0.15) is 0 Å². The smallest absolute Gasteiger partial charge is 0.191 e. The Balaban J connectivity index is 0. The van der Waals surface area contributed by atoms with Crippen LogP contribution in [0.25, 0.3) is 0 Å². The Morgan fingerprint density at radius 2 is 1.80 bits per heavy atom. The third kappa shape index (κ3) is 16.0. The normalized spacial score (nSPS) is 11.1. The molecule has 0 unspecified atom stereocenters. The van der Waals surface area contributed by atoms with E-state index < -0.39 is 0 Å². The van der Waals surface area contributed by atoms with E-state index in [9.17, 15) is 0 Å². The number of hydrogen-bond acceptors (Lipinski definition) is 3. The minimum Gasteiger partial charge on any atom is -0.382 e. The molecule has 0 aliphatic rings. The largest absolute Gasteiger partial charge is 0.382 e. The second kappa shape index (κ2) is 18.9. The van der Waals surface area contributed by atoms with Gasteiger partial charge in [-0.1, -0.05) is 13.3 Å². The lowest BCUT2D eigenvalue weighted by atomic mass is 10.3. The second-order valence-electron chi connectivity index (χ2n) is 4.35. The molecule has 6 heteroatoms. The number of hydrogen-bond donors (Lipinski definition) is 2. The molecule has 0 spiro atoms. The van der Waals surface area contributed by atoms with Crippen LogP contribution in [0, 0.1) is 0 Å². The number of guanidine groups is 1. The van der Waals surface area contributed by atoms with Gasteiger partial charge in [0.05, 0.1) is 13.2 Å². The van der Waals surface area contributed by atoms with Crippen molar-refractivity contribution in [2.75, 3.05) is 46.6 Å². The lowest BCUT2D eigenvalue weighted by molar-refractivity contribution is 0.0690. The highest BCUT2D eigenvalue weighted by Crippen LogP contribution is 1.91. The first kappa shape index (κ1) is 22.2. The lowest BCUT2D eigenvalue weighted by Gasteiger charge is -2.10. The van der Waals surface area contributed by atoms with Crippen molar-refractivity contribution in [1.29, 1.82) is 0 Å². The second-order valence-corrected chi connectivity index (χ2v) is 4.35. The molecular formula is C14H32IN3O2. The molecule has 5 nitrogen and oxygen atoms in total. The van der Waals surface area contributed by atoms with Crippen molar-refractivity contribution in [3.05, 3.63) is 0 Å². The van der Waals surface area contributed by atoms with Gasteiger partial charge in [-0.25, -0.2) is 0 Å². The molecule has 0 fully saturated rings. The van der Waals surface area contributed by atoms with Crippen LogP contribution in [0.4, 0.5) is 0 Å². The number of nitrogens with one attached hydrogen (secondary N) is 2. The van der Waals surface area contributed by atoms with Crippen molar-refractivity contribution in [3.8, 4) is 0 Å². The molecule has 0 aromatic rings. The van der Waals surface area contributed by atoms with Crippen LogP contribution in [-0.4, -0.2) is 52.5 Å². The van der Waals surface area contributed by atoms with Crippen LogP contribution in [-0.2, 0) is 9.47 Å².